The molecular formula is C10H15N3O3. The van der Waals surface area contributed by atoms with Gasteiger partial charge < -0.3 is 15.2 Å². The Labute approximate surface area is 93.8 Å². The van der Waals surface area contributed by atoms with E-state index in [4.69, 9.17) is 5.53 Å². The van der Waals surface area contributed by atoms with Crippen molar-refractivity contribution < 1.29 is 19.1 Å². The molecule has 0 aromatic carbocycles. The minimum atomic E-state index is -0.888. The second kappa shape index (κ2) is 5.53. The normalized spacial score (nSPS) is 21.0. The molecule has 6 heteroatoms. The summed E-state index contributed by atoms with van der Waals surface area (Å²) in [6, 6.07) is 0. The predicted octanol–water partition coefficient (Wildman–Crippen LogP) is -0.259. The van der Waals surface area contributed by atoms with E-state index in [2.05, 4.69) is 9.53 Å². The van der Waals surface area contributed by atoms with E-state index in [0.29, 0.717) is 13.0 Å². The molecule has 0 aromatic rings. The van der Waals surface area contributed by atoms with Gasteiger partial charge in [0.25, 0.3) is 5.78 Å². The van der Waals surface area contributed by atoms with E-state index >= 15 is 0 Å². The Kier molecular flexibility index (Phi) is 4.34. The smallest absolute Gasteiger partial charge is 0.441 e. The quantitative estimate of drug-likeness (QED) is 0.218. The van der Waals surface area contributed by atoms with Gasteiger partial charge in [-0.3, -0.25) is 4.79 Å². The topological polar surface area (TPSA) is 83.0 Å². The molecule has 1 aliphatic rings. The fourth-order valence-corrected chi connectivity index (χ4v) is 1.86. The second-order valence-electron chi connectivity index (χ2n) is 3.91. The largest absolute Gasteiger partial charge is 0.460 e. The van der Waals surface area contributed by atoms with Crippen molar-refractivity contribution >= 4 is 17.5 Å². The zero-order valence-electron chi connectivity index (χ0n) is 9.47. The van der Waals surface area contributed by atoms with Crippen molar-refractivity contribution in [3.05, 3.63) is 5.53 Å². The lowest BCUT2D eigenvalue weighted by Gasteiger charge is -2.27. The molecule has 0 spiro atoms. The molecule has 0 bridgehead atoms. The molecule has 0 N–H and O–H groups in total. The fourth-order valence-electron chi connectivity index (χ4n) is 1.86. The molecule has 0 saturated carbocycles. The van der Waals surface area contributed by atoms with Crippen LogP contribution in [-0.4, -0.2) is 54.4 Å². The third kappa shape index (κ3) is 2.74. The number of nitrogens with zero attached hydrogens (tertiary/aromatic N) is 3. The Morgan fingerprint density at radius 3 is 2.69 bits per heavy atom. The highest BCUT2D eigenvalue weighted by molar-refractivity contribution is 6.62. The van der Waals surface area contributed by atoms with Crippen LogP contribution in [0.25, 0.3) is 5.53 Å². The Morgan fingerprint density at radius 2 is 2.19 bits per heavy atom. The van der Waals surface area contributed by atoms with Crippen molar-refractivity contribution in [1.82, 2.24) is 4.90 Å². The van der Waals surface area contributed by atoms with Crippen molar-refractivity contribution in [2.75, 3.05) is 27.2 Å². The molecule has 1 rings (SSSR count). The van der Waals surface area contributed by atoms with E-state index in [0.717, 1.165) is 20.1 Å². The first kappa shape index (κ1) is 12.5. The number of ketones is 1. The molecule has 0 amide bonds. The third-order valence-corrected chi connectivity index (χ3v) is 2.71. The maximum atomic E-state index is 11.9. The van der Waals surface area contributed by atoms with Gasteiger partial charge in [-0.2, -0.15) is 4.79 Å². The average Bonchev–Trinajstić information content (AvgIpc) is 2.29. The molecule has 0 radical (unpaired) electrons. The fraction of sp³-hybridized carbons (Fsp3) is 0.700. The van der Waals surface area contributed by atoms with Gasteiger partial charge in [0.15, 0.2) is 0 Å². The number of carbonyl (C=O) groups excluding carboxylic acids is 2. The Bertz CT molecular complexity index is 347. The maximum Gasteiger partial charge on any atom is 0.441 e. The lowest BCUT2D eigenvalue weighted by atomic mass is 9.91. The molecule has 1 aliphatic heterocycles. The van der Waals surface area contributed by atoms with Crippen LogP contribution in [0.3, 0.4) is 0 Å². The summed E-state index contributed by atoms with van der Waals surface area (Å²) in [5.41, 5.74) is 8.14. The number of rotatable bonds is 3. The number of hydrogen-bond acceptors (Lipinski definition) is 4. The molecule has 88 valence electrons. The van der Waals surface area contributed by atoms with Gasteiger partial charge in [-0.15, -0.1) is 0 Å². The number of carbonyl (C=O) groups is 2. The molecule has 1 heterocycles. The van der Waals surface area contributed by atoms with Gasteiger partial charge in [0.2, 0.25) is 0 Å². The number of methoxy groups -OCH3 is 1. The molecule has 6 nitrogen and oxygen atoms in total. The van der Waals surface area contributed by atoms with Crippen LogP contribution in [0, 0.1) is 5.92 Å². The summed E-state index contributed by atoms with van der Waals surface area (Å²) < 4.78 is 4.38. The number of esters is 1. The summed E-state index contributed by atoms with van der Waals surface area (Å²) in [6.07, 6.45) is 1.60. The zero-order valence-corrected chi connectivity index (χ0v) is 9.47. The van der Waals surface area contributed by atoms with Crippen LogP contribution in [0.2, 0.25) is 0 Å². The van der Waals surface area contributed by atoms with E-state index in [1.54, 1.807) is 0 Å². The summed E-state index contributed by atoms with van der Waals surface area (Å²) in [7, 11) is 3.06. The van der Waals surface area contributed by atoms with Crippen molar-refractivity contribution in [3.8, 4) is 0 Å². The number of piperidine rings is 1. The van der Waals surface area contributed by atoms with E-state index in [1.165, 1.54) is 0 Å². The van der Waals surface area contributed by atoms with Crippen LogP contribution < -0.4 is 0 Å². The first-order chi connectivity index (χ1) is 7.60. The van der Waals surface area contributed by atoms with Gasteiger partial charge in [0, 0.05) is 12.5 Å². The number of ether oxygens (including phenoxy) is 1. The minimum absolute atomic E-state index is 0.288. The second-order valence-corrected chi connectivity index (χ2v) is 3.91. The van der Waals surface area contributed by atoms with E-state index in [-0.39, 0.29) is 5.92 Å². The van der Waals surface area contributed by atoms with Gasteiger partial charge >= 0.3 is 11.7 Å². The first-order valence-electron chi connectivity index (χ1n) is 5.13. The van der Waals surface area contributed by atoms with Gasteiger partial charge in [0.05, 0.1) is 7.11 Å². The van der Waals surface area contributed by atoms with Gasteiger partial charge in [-0.05, 0) is 26.4 Å². The first-order valence-corrected chi connectivity index (χ1v) is 5.13. The zero-order chi connectivity index (χ0) is 12.1. The summed E-state index contributed by atoms with van der Waals surface area (Å²) >= 11 is 0. The van der Waals surface area contributed by atoms with Crippen LogP contribution >= 0.6 is 0 Å². The molecule has 1 fully saturated rings. The molecular weight excluding hydrogens is 210 g/mol. The maximum absolute atomic E-state index is 11.9. The van der Waals surface area contributed by atoms with Crippen molar-refractivity contribution in [2.45, 2.75) is 12.8 Å². The Balaban J connectivity index is 2.76. The van der Waals surface area contributed by atoms with E-state index in [9.17, 15) is 9.59 Å². The standard InChI is InChI=1S/C10H15N3O3/c1-13-5-3-4-7(6-13)9(14)8(12-11)10(15)16-2/h7H,3-6H2,1-2H3. The highest BCUT2D eigenvalue weighted by Crippen LogP contribution is 2.16. The number of hydrogen-bond donors (Lipinski definition) is 0. The summed E-state index contributed by atoms with van der Waals surface area (Å²) in [6.45, 7) is 1.52. The summed E-state index contributed by atoms with van der Waals surface area (Å²) in [5.74, 6) is -1.62. The Morgan fingerprint density at radius 1 is 1.50 bits per heavy atom. The molecule has 0 aliphatic carbocycles. The molecule has 0 aromatic heterocycles. The van der Waals surface area contributed by atoms with Crippen molar-refractivity contribution in [3.63, 3.8) is 0 Å². The van der Waals surface area contributed by atoms with Gasteiger partial charge in [-0.25, -0.2) is 4.79 Å². The SMILES string of the molecule is COC(=O)C(=[N+]=[N-])C(=O)C1CCCN(C)C1. The molecule has 1 unspecified atom stereocenters. The molecule has 1 atom stereocenters. The van der Waals surface area contributed by atoms with Crippen LogP contribution in [0.1, 0.15) is 12.8 Å². The van der Waals surface area contributed by atoms with Gasteiger partial charge in [0.1, 0.15) is 0 Å². The van der Waals surface area contributed by atoms with Crippen LogP contribution in [-0.2, 0) is 14.3 Å². The monoisotopic (exact) mass is 225 g/mol. The van der Waals surface area contributed by atoms with E-state index < -0.39 is 17.5 Å². The minimum Gasteiger partial charge on any atom is -0.460 e. The van der Waals surface area contributed by atoms with Crippen molar-refractivity contribution in [2.24, 2.45) is 5.92 Å². The average molecular weight is 225 g/mol. The Hall–Kier alpha value is -1.52. The number of likely N-dealkylation sites (tertiary alicyclic amines) is 1. The lowest BCUT2D eigenvalue weighted by molar-refractivity contribution is -0.140. The molecule has 1 saturated heterocycles. The van der Waals surface area contributed by atoms with Crippen LogP contribution in [0.4, 0.5) is 0 Å². The van der Waals surface area contributed by atoms with Gasteiger partial charge in [-0.1, -0.05) is 0 Å². The highest BCUT2D eigenvalue weighted by Gasteiger charge is 2.37. The summed E-state index contributed by atoms with van der Waals surface area (Å²) in [4.78, 5) is 27.8. The van der Waals surface area contributed by atoms with Crippen LogP contribution in [0.5, 0.6) is 0 Å². The van der Waals surface area contributed by atoms with E-state index in [1.807, 2.05) is 11.9 Å². The lowest BCUT2D eigenvalue weighted by Crippen LogP contribution is -2.41. The summed E-state index contributed by atoms with van der Waals surface area (Å²) in [5, 5.41) is 0. The molecule has 16 heavy (non-hydrogen) atoms. The third-order valence-electron chi connectivity index (χ3n) is 2.71. The predicted molar refractivity (Wildman–Crippen MR) is 55.9 cm³/mol. The van der Waals surface area contributed by atoms with Crippen molar-refractivity contribution in [1.29, 1.82) is 0 Å². The van der Waals surface area contributed by atoms with Crippen LogP contribution in [0.15, 0.2) is 0 Å². The number of Topliss-reactive ketones (excluding diaryl/α,β-unsaturated/α-hetero) is 1. The highest BCUT2D eigenvalue weighted by atomic mass is 16.5.